The van der Waals surface area contributed by atoms with Gasteiger partial charge in [-0.2, -0.15) is 8.78 Å². The third-order valence-electron chi connectivity index (χ3n) is 2.98. The van der Waals surface area contributed by atoms with Gasteiger partial charge in [-0.15, -0.1) is 10.2 Å². The normalized spacial score (nSPS) is 11.0. The lowest BCUT2D eigenvalue weighted by Crippen LogP contribution is -2.14. The number of nitrogens with zero attached hydrogens (tertiary/aromatic N) is 3. The molecule has 0 aliphatic carbocycles. The molecule has 2 aromatic heterocycles. The number of ether oxygens (including phenoxy) is 1. The molecule has 0 radical (unpaired) electrons. The number of alkyl halides is 2. The van der Waals surface area contributed by atoms with Crippen LogP contribution in [-0.4, -0.2) is 32.9 Å². The molecule has 0 aliphatic rings. The molecule has 1 aromatic carbocycles. The van der Waals surface area contributed by atoms with Crippen molar-refractivity contribution in [1.29, 1.82) is 0 Å². The highest BCUT2D eigenvalue weighted by Crippen LogP contribution is 2.19. The summed E-state index contributed by atoms with van der Waals surface area (Å²) in [6.07, 6.45) is 1.82. The molecule has 0 aliphatic heterocycles. The lowest BCUT2D eigenvalue weighted by molar-refractivity contribution is -0.113. The first-order valence-electron chi connectivity index (χ1n) is 6.89. The van der Waals surface area contributed by atoms with Crippen LogP contribution in [0.25, 0.3) is 5.65 Å². The first-order valence-corrected chi connectivity index (χ1v) is 7.88. The van der Waals surface area contributed by atoms with Crippen LogP contribution in [0.5, 0.6) is 5.75 Å². The first-order chi connectivity index (χ1) is 11.6. The van der Waals surface area contributed by atoms with Gasteiger partial charge < -0.3 is 10.1 Å². The van der Waals surface area contributed by atoms with E-state index in [0.717, 1.165) is 0 Å². The second-order valence-corrected chi connectivity index (χ2v) is 5.59. The van der Waals surface area contributed by atoms with E-state index in [9.17, 15) is 13.6 Å². The van der Waals surface area contributed by atoms with Crippen molar-refractivity contribution < 1.29 is 18.3 Å². The van der Waals surface area contributed by atoms with Crippen molar-refractivity contribution in [3.8, 4) is 5.75 Å². The minimum atomic E-state index is -2.88. The summed E-state index contributed by atoms with van der Waals surface area (Å²) in [6, 6.07) is 11.2. The van der Waals surface area contributed by atoms with Crippen LogP contribution in [-0.2, 0) is 4.79 Å². The lowest BCUT2D eigenvalue weighted by atomic mass is 10.3. The van der Waals surface area contributed by atoms with Crippen molar-refractivity contribution in [3.05, 3.63) is 48.7 Å². The van der Waals surface area contributed by atoms with E-state index in [1.807, 2.05) is 24.4 Å². The zero-order valence-electron chi connectivity index (χ0n) is 12.2. The number of halogens is 2. The number of benzene rings is 1. The number of aromatic nitrogens is 3. The average Bonchev–Trinajstić information content (AvgIpc) is 2.98. The van der Waals surface area contributed by atoms with Gasteiger partial charge in [0.25, 0.3) is 0 Å². The average molecular weight is 350 g/mol. The fraction of sp³-hybridized carbons (Fsp3) is 0.133. The summed E-state index contributed by atoms with van der Waals surface area (Å²) < 4.78 is 30.2. The molecule has 0 spiro atoms. The van der Waals surface area contributed by atoms with Gasteiger partial charge in [0, 0.05) is 11.9 Å². The number of carbonyl (C=O) groups is 1. The van der Waals surface area contributed by atoms with Crippen LogP contribution in [0.3, 0.4) is 0 Å². The fourth-order valence-corrected chi connectivity index (χ4v) is 2.69. The van der Waals surface area contributed by atoms with Crippen molar-refractivity contribution in [2.45, 2.75) is 11.8 Å². The number of pyridine rings is 1. The Bertz CT molecular complexity index is 839. The van der Waals surface area contributed by atoms with E-state index in [-0.39, 0.29) is 17.4 Å². The molecule has 0 unspecified atom stereocenters. The fourth-order valence-electron chi connectivity index (χ4n) is 1.96. The van der Waals surface area contributed by atoms with Gasteiger partial charge in [-0.1, -0.05) is 17.8 Å². The largest absolute Gasteiger partial charge is 0.435 e. The summed E-state index contributed by atoms with van der Waals surface area (Å²) in [7, 11) is 0. The topological polar surface area (TPSA) is 68.5 Å². The molecule has 3 aromatic rings. The highest BCUT2D eigenvalue weighted by Gasteiger charge is 2.09. The van der Waals surface area contributed by atoms with Crippen molar-refractivity contribution in [1.82, 2.24) is 14.6 Å². The molecule has 0 atom stereocenters. The summed E-state index contributed by atoms with van der Waals surface area (Å²) in [5.41, 5.74) is 1.20. The Balaban J connectivity index is 1.56. The third-order valence-corrected chi connectivity index (χ3v) is 3.92. The molecule has 9 heteroatoms. The molecule has 3 rings (SSSR count). The Hall–Kier alpha value is -2.68. The molecule has 0 saturated carbocycles. The van der Waals surface area contributed by atoms with Crippen LogP contribution in [0.1, 0.15) is 0 Å². The van der Waals surface area contributed by atoms with E-state index in [2.05, 4.69) is 20.3 Å². The molecular formula is C15H12F2N4O2S. The van der Waals surface area contributed by atoms with Gasteiger partial charge in [0.05, 0.1) is 5.75 Å². The van der Waals surface area contributed by atoms with Gasteiger partial charge in [0.1, 0.15) is 5.75 Å². The maximum Gasteiger partial charge on any atom is 0.387 e. The van der Waals surface area contributed by atoms with Crippen LogP contribution in [0.4, 0.5) is 14.5 Å². The lowest BCUT2D eigenvalue weighted by Gasteiger charge is -2.07. The monoisotopic (exact) mass is 350 g/mol. The number of hydrogen-bond donors (Lipinski definition) is 1. The molecule has 0 saturated heterocycles. The molecule has 24 heavy (non-hydrogen) atoms. The number of carbonyl (C=O) groups excluding carboxylic acids is 1. The van der Waals surface area contributed by atoms with Crippen molar-refractivity contribution in [3.63, 3.8) is 0 Å². The summed E-state index contributed by atoms with van der Waals surface area (Å²) >= 11 is 1.25. The molecular weight excluding hydrogens is 338 g/mol. The number of fused-ring (bicyclic) bond motifs is 1. The SMILES string of the molecule is O=C(CSc1nnc2ccccn12)Nc1ccc(OC(F)F)cc1. The number of amides is 1. The minimum absolute atomic E-state index is 0.0345. The number of rotatable bonds is 6. The smallest absolute Gasteiger partial charge is 0.387 e. The van der Waals surface area contributed by atoms with Crippen LogP contribution in [0.15, 0.2) is 53.8 Å². The van der Waals surface area contributed by atoms with Gasteiger partial charge in [0.2, 0.25) is 5.91 Å². The van der Waals surface area contributed by atoms with E-state index in [1.54, 1.807) is 4.40 Å². The van der Waals surface area contributed by atoms with Crippen LogP contribution in [0.2, 0.25) is 0 Å². The Morgan fingerprint density at radius 2 is 2.00 bits per heavy atom. The number of thioether (sulfide) groups is 1. The Labute approximate surface area is 139 Å². The predicted molar refractivity (Wildman–Crippen MR) is 85.4 cm³/mol. The Morgan fingerprint density at radius 3 is 2.75 bits per heavy atom. The molecule has 0 fully saturated rings. The summed E-state index contributed by atoms with van der Waals surface area (Å²) in [6.45, 7) is -2.88. The number of nitrogens with one attached hydrogen (secondary N) is 1. The van der Waals surface area contributed by atoms with Crippen molar-refractivity contribution in [2.75, 3.05) is 11.1 Å². The van der Waals surface area contributed by atoms with E-state index < -0.39 is 6.61 Å². The molecule has 1 amide bonds. The van der Waals surface area contributed by atoms with Gasteiger partial charge in [0.15, 0.2) is 10.8 Å². The van der Waals surface area contributed by atoms with Gasteiger partial charge in [-0.3, -0.25) is 9.20 Å². The minimum Gasteiger partial charge on any atom is -0.435 e. The van der Waals surface area contributed by atoms with E-state index in [4.69, 9.17) is 0 Å². The second kappa shape index (κ2) is 7.26. The third kappa shape index (κ3) is 3.99. The maximum absolute atomic E-state index is 12.1. The number of anilines is 1. The molecule has 1 N–H and O–H groups in total. The quantitative estimate of drug-likeness (QED) is 0.692. The highest BCUT2D eigenvalue weighted by atomic mass is 32.2. The maximum atomic E-state index is 12.1. The molecule has 2 heterocycles. The first kappa shape index (κ1) is 16.2. The Kier molecular flexibility index (Phi) is 4.90. The van der Waals surface area contributed by atoms with Crippen LogP contribution < -0.4 is 10.1 Å². The number of hydrogen-bond acceptors (Lipinski definition) is 5. The zero-order valence-corrected chi connectivity index (χ0v) is 13.0. The van der Waals surface area contributed by atoms with Crippen molar-refractivity contribution >= 4 is 29.0 Å². The standard InChI is InChI=1S/C15H12F2N4O2S/c16-14(17)23-11-6-4-10(5-7-11)18-13(22)9-24-15-20-19-12-3-1-2-8-21(12)15/h1-8,14H,9H2,(H,18,22). The summed E-state index contributed by atoms with van der Waals surface area (Å²) in [5, 5.41) is 11.3. The molecule has 0 bridgehead atoms. The second-order valence-electron chi connectivity index (χ2n) is 4.65. The van der Waals surface area contributed by atoms with Gasteiger partial charge >= 0.3 is 6.61 Å². The van der Waals surface area contributed by atoms with E-state index in [0.29, 0.717) is 16.5 Å². The zero-order chi connectivity index (χ0) is 16.9. The van der Waals surface area contributed by atoms with Crippen LogP contribution in [0, 0.1) is 0 Å². The Morgan fingerprint density at radius 1 is 1.21 bits per heavy atom. The molecule has 6 nitrogen and oxygen atoms in total. The van der Waals surface area contributed by atoms with E-state index in [1.165, 1.54) is 36.0 Å². The van der Waals surface area contributed by atoms with Crippen LogP contribution >= 0.6 is 11.8 Å². The van der Waals surface area contributed by atoms with Crippen molar-refractivity contribution in [2.24, 2.45) is 0 Å². The van der Waals surface area contributed by atoms with E-state index >= 15 is 0 Å². The van der Waals surface area contributed by atoms with Gasteiger partial charge in [-0.25, -0.2) is 0 Å². The summed E-state index contributed by atoms with van der Waals surface area (Å²) in [5.74, 6) is -0.0622. The predicted octanol–water partition coefficient (Wildman–Crippen LogP) is 3.06. The summed E-state index contributed by atoms with van der Waals surface area (Å²) in [4.78, 5) is 12.0. The highest BCUT2D eigenvalue weighted by molar-refractivity contribution is 7.99. The molecule has 124 valence electrons. The van der Waals surface area contributed by atoms with Gasteiger partial charge in [-0.05, 0) is 36.4 Å².